The second kappa shape index (κ2) is 4.46. The van der Waals surface area contributed by atoms with Crippen molar-refractivity contribution in [3.8, 4) is 0 Å². The summed E-state index contributed by atoms with van der Waals surface area (Å²) in [6.45, 7) is 3.49. The number of benzene rings is 1. The lowest BCUT2D eigenvalue weighted by Crippen LogP contribution is -2.39. The lowest BCUT2D eigenvalue weighted by atomic mass is 9.94. The molecule has 2 fully saturated rings. The van der Waals surface area contributed by atoms with Crippen molar-refractivity contribution in [1.29, 1.82) is 0 Å². The monoisotopic (exact) mass is 254 g/mol. The van der Waals surface area contributed by atoms with Gasteiger partial charge in [0.1, 0.15) is 5.82 Å². The minimum Gasteiger partial charge on any atom is -0.380 e. The van der Waals surface area contributed by atoms with Crippen molar-refractivity contribution in [2.75, 3.05) is 25.0 Å². The van der Waals surface area contributed by atoms with E-state index in [4.69, 9.17) is 11.6 Å². The van der Waals surface area contributed by atoms with E-state index in [0.29, 0.717) is 22.7 Å². The van der Waals surface area contributed by atoms with Crippen LogP contribution in [0.5, 0.6) is 0 Å². The van der Waals surface area contributed by atoms with Gasteiger partial charge in [0, 0.05) is 24.2 Å². The van der Waals surface area contributed by atoms with Gasteiger partial charge in [-0.3, -0.25) is 0 Å². The summed E-state index contributed by atoms with van der Waals surface area (Å²) in [4.78, 5) is 2.49. The molecule has 3 rings (SSSR count). The number of hydrogen-bond donors (Lipinski definition) is 1. The smallest absolute Gasteiger partial charge is 0.147 e. The molecule has 3 atom stereocenters. The highest BCUT2D eigenvalue weighted by Gasteiger charge is 2.34. The molecule has 2 aliphatic rings. The van der Waals surface area contributed by atoms with E-state index in [1.54, 1.807) is 12.1 Å². The molecule has 2 bridgehead atoms. The third kappa shape index (κ3) is 2.26. The van der Waals surface area contributed by atoms with Crippen LogP contribution in [0.3, 0.4) is 0 Å². The van der Waals surface area contributed by atoms with Gasteiger partial charge in [0.05, 0.1) is 5.69 Å². The predicted octanol–water partition coefficient (Wildman–Crippen LogP) is 2.99. The van der Waals surface area contributed by atoms with Crippen LogP contribution < -0.4 is 5.32 Å². The van der Waals surface area contributed by atoms with Crippen molar-refractivity contribution in [3.05, 3.63) is 29.0 Å². The lowest BCUT2D eigenvalue weighted by Gasteiger charge is -2.31. The molecule has 0 radical (unpaired) electrons. The first-order valence-corrected chi connectivity index (χ1v) is 6.54. The minimum absolute atomic E-state index is 0.252. The van der Waals surface area contributed by atoms with Gasteiger partial charge >= 0.3 is 0 Å². The maximum atomic E-state index is 13.7. The van der Waals surface area contributed by atoms with Crippen LogP contribution in [-0.2, 0) is 0 Å². The molecule has 0 saturated carbocycles. The third-order valence-corrected chi connectivity index (χ3v) is 4.14. The van der Waals surface area contributed by atoms with Gasteiger partial charge in [0.25, 0.3) is 0 Å². The molecule has 0 aliphatic carbocycles. The van der Waals surface area contributed by atoms with Gasteiger partial charge in [0.2, 0.25) is 0 Å². The molecule has 4 heteroatoms. The SMILES string of the molecule is Fc1cc(Cl)ccc1NC1CCN2CCC1C2. The fraction of sp³-hybridized carbons (Fsp3) is 0.538. The van der Waals surface area contributed by atoms with Gasteiger partial charge in [-0.25, -0.2) is 4.39 Å². The average molecular weight is 255 g/mol. The maximum Gasteiger partial charge on any atom is 0.147 e. The maximum absolute atomic E-state index is 13.7. The van der Waals surface area contributed by atoms with Crippen LogP contribution >= 0.6 is 11.6 Å². The van der Waals surface area contributed by atoms with E-state index in [9.17, 15) is 4.39 Å². The van der Waals surface area contributed by atoms with Gasteiger partial charge in [-0.05, 0) is 43.5 Å². The van der Waals surface area contributed by atoms with Crippen LogP contribution in [-0.4, -0.2) is 30.6 Å². The molecule has 1 N–H and O–H groups in total. The Morgan fingerprint density at radius 3 is 2.94 bits per heavy atom. The standard InChI is InChI=1S/C13H16ClFN2/c14-10-1-2-13(11(15)7-10)16-12-4-6-17-5-3-9(12)8-17/h1-2,7,9,12,16H,3-6,8H2. The minimum atomic E-state index is -0.252. The molecule has 2 heterocycles. The van der Waals surface area contributed by atoms with E-state index in [0.717, 1.165) is 19.5 Å². The van der Waals surface area contributed by atoms with Crippen LogP contribution in [0, 0.1) is 11.7 Å². The first-order valence-electron chi connectivity index (χ1n) is 6.16. The molecular weight excluding hydrogens is 239 g/mol. The highest BCUT2D eigenvalue weighted by atomic mass is 35.5. The number of rotatable bonds is 2. The van der Waals surface area contributed by atoms with Gasteiger partial charge in [-0.15, -0.1) is 0 Å². The van der Waals surface area contributed by atoms with E-state index in [1.807, 2.05) is 0 Å². The largest absolute Gasteiger partial charge is 0.380 e. The van der Waals surface area contributed by atoms with Crippen LogP contribution in [0.4, 0.5) is 10.1 Å². The fourth-order valence-electron chi connectivity index (χ4n) is 2.95. The molecule has 1 aromatic rings. The third-order valence-electron chi connectivity index (χ3n) is 3.91. The van der Waals surface area contributed by atoms with E-state index in [-0.39, 0.29) is 5.82 Å². The van der Waals surface area contributed by atoms with Crippen LogP contribution in [0.1, 0.15) is 12.8 Å². The van der Waals surface area contributed by atoms with Crippen molar-refractivity contribution < 1.29 is 4.39 Å². The summed E-state index contributed by atoms with van der Waals surface area (Å²) in [5, 5.41) is 3.79. The van der Waals surface area contributed by atoms with Crippen LogP contribution in [0.15, 0.2) is 18.2 Å². The van der Waals surface area contributed by atoms with Gasteiger partial charge in [0.15, 0.2) is 0 Å². The van der Waals surface area contributed by atoms with Crippen LogP contribution in [0.25, 0.3) is 0 Å². The molecule has 3 unspecified atom stereocenters. The van der Waals surface area contributed by atoms with E-state index < -0.39 is 0 Å². The average Bonchev–Trinajstić information content (AvgIpc) is 2.69. The molecule has 17 heavy (non-hydrogen) atoms. The van der Waals surface area contributed by atoms with Crippen molar-refractivity contribution >= 4 is 17.3 Å². The number of nitrogens with zero attached hydrogens (tertiary/aromatic N) is 1. The number of nitrogens with one attached hydrogen (secondary N) is 1. The molecule has 2 nitrogen and oxygen atoms in total. The van der Waals surface area contributed by atoms with Gasteiger partial charge in [-0.2, -0.15) is 0 Å². The van der Waals surface area contributed by atoms with E-state index >= 15 is 0 Å². The topological polar surface area (TPSA) is 15.3 Å². The molecule has 0 spiro atoms. The molecule has 2 aliphatic heterocycles. The summed E-state index contributed by atoms with van der Waals surface area (Å²) < 4.78 is 13.7. The summed E-state index contributed by atoms with van der Waals surface area (Å²) in [7, 11) is 0. The Morgan fingerprint density at radius 1 is 1.29 bits per heavy atom. The Labute approximate surface area is 106 Å². The fourth-order valence-corrected chi connectivity index (χ4v) is 3.11. The molecule has 2 saturated heterocycles. The highest BCUT2D eigenvalue weighted by Crippen LogP contribution is 2.30. The Hall–Kier alpha value is -0.800. The molecule has 0 aromatic heterocycles. The summed E-state index contributed by atoms with van der Waals surface area (Å²) >= 11 is 5.75. The molecular formula is C13H16ClFN2. The number of anilines is 1. The molecule has 1 aromatic carbocycles. The number of halogens is 2. The predicted molar refractivity (Wildman–Crippen MR) is 68.0 cm³/mol. The van der Waals surface area contributed by atoms with Crippen molar-refractivity contribution in [1.82, 2.24) is 4.90 Å². The molecule has 92 valence electrons. The molecule has 0 amide bonds. The Bertz CT molecular complexity index is 424. The Balaban J connectivity index is 1.73. The summed E-state index contributed by atoms with van der Waals surface area (Å²) in [6, 6.07) is 5.24. The summed E-state index contributed by atoms with van der Waals surface area (Å²) in [6.07, 6.45) is 2.33. The lowest BCUT2D eigenvalue weighted by molar-refractivity contribution is 0.254. The summed E-state index contributed by atoms with van der Waals surface area (Å²) in [5.74, 6) is 0.414. The zero-order chi connectivity index (χ0) is 11.8. The van der Waals surface area contributed by atoms with Crippen molar-refractivity contribution in [2.24, 2.45) is 5.92 Å². The first-order chi connectivity index (χ1) is 8.22. The summed E-state index contributed by atoms with van der Waals surface area (Å²) in [5.41, 5.74) is 0.583. The Kier molecular flexibility index (Phi) is 2.97. The number of fused-ring (bicyclic) bond motifs is 2. The first kappa shape index (κ1) is 11.3. The van der Waals surface area contributed by atoms with E-state index in [2.05, 4.69) is 10.2 Å². The quantitative estimate of drug-likeness (QED) is 0.873. The van der Waals surface area contributed by atoms with Crippen LogP contribution in [0.2, 0.25) is 5.02 Å². The van der Waals surface area contributed by atoms with Crippen molar-refractivity contribution in [3.63, 3.8) is 0 Å². The second-order valence-corrected chi connectivity index (χ2v) is 5.45. The normalized spacial score (nSPS) is 31.5. The zero-order valence-electron chi connectivity index (χ0n) is 9.63. The highest BCUT2D eigenvalue weighted by molar-refractivity contribution is 6.30. The van der Waals surface area contributed by atoms with E-state index in [1.165, 1.54) is 19.0 Å². The second-order valence-electron chi connectivity index (χ2n) is 5.01. The van der Waals surface area contributed by atoms with Crippen molar-refractivity contribution in [2.45, 2.75) is 18.9 Å². The Morgan fingerprint density at radius 2 is 2.12 bits per heavy atom. The van der Waals surface area contributed by atoms with Gasteiger partial charge in [-0.1, -0.05) is 11.6 Å². The zero-order valence-corrected chi connectivity index (χ0v) is 10.4. The van der Waals surface area contributed by atoms with Gasteiger partial charge < -0.3 is 10.2 Å². The number of piperidine rings is 1. The number of hydrogen-bond acceptors (Lipinski definition) is 2.